The Hall–Kier alpha value is -3.63. The largest absolute Gasteiger partial charge is 0.456 e. The molecule has 1 unspecified atom stereocenters. The number of pyridine rings is 1. The minimum atomic E-state index is -1.13. The molecule has 0 spiro atoms. The van der Waals surface area contributed by atoms with Crippen molar-refractivity contribution in [1.82, 2.24) is 14.8 Å². The molecule has 1 saturated heterocycles. The fourth-order valence-corrected chi connectivity index (χ4v) is 5.16. The number of nitrogens with one attached hydrogen (secondary N) is 1. The Morgan fingerprint density at radius 3 is 2.59 bits per heavy atom. The number of nitrogens with zero attached hydrogens (tertiary/aromatic N) is 3. The number of ether oxygens (including phenoxy) is 2. The molecule has 1 aliphatic rings. The molecule has 0 saturated carbocycles. The van der Waals surface area contributed by atoms with Crippen LogP contribution in [0, 0.1) is 12.7 Å². The van der Waals surface area contributed by atoms with E-state index >= 15 is 0 Å². The van der Waals surface area contributed by atoms with Crippen LogP contribution >= 0.6 is 0 Å². The maximum absolute atomic E-state index is 14.4. The van der Waals surface area contributed by atoms with E-state index in [0.29, 0.717) is 48.7 Å². The zero-order valence-corrected chi connectivity index (χ0v) is 23.5. The third-order valence-electron chi connectivity index (χ3n) is 6.33. The summed E-state index contributed by atoms with van der Waals surface area (Å²) in [6.45, 7) is 10.8. The summed E-state index contributed by atoms with van der Waals surface area (Å²) in [7, 11) is -1.13. The molecule has 1 N–H and O–H groups in total. The third kappa shape index (κ3) is 6.51. The summed E-state index contributed by atoms with van der Waals surface area (Å²) in [5, 5.41) is 7.42. The Morgan fingerprint density at radius 1 is 1.21 bits per heavy atom. The van der Waals surface area contributed by atoms with Gasteiger partial charge >= 0.3 is 0 Å². The number of anilines is 1. The van der Waals surface area contributed by atoms with Crippen LogP contribution in [0.1, 0.15) is 38.8 Å². The summed E-state index contributed by atoms with van der Waals surface area (Å²) >= 11 is 0. The van der Waals surface area contributed by atoms with E-state index in [0.717, 1.165) is 21.5 Å². The molecule has 3 heterocycles. The number of aromatic nitrogens is 3. The van der Waals surface area contributed by atoms with Gasteiger partial charge in [0.2, 0.25) is 6.41 Å². The fraction of sp³-hybridized carbons (Fsp3) is 0.345. The van der Waals surface area contributed by atoms with Crippen LogP contribution in [0.3, 0.4) is 0 Å². The first-order valence-corrected chi connectivity index (χ1v) is 13.9. The Kier molecular flexibility index (Phi) is 8.76. The van der Waals surface area contributed by atoms with Gasteiger partial charge in [-0.25, -0.2) is 4.39 Å². The average molecular weight is 553 g/mol. The molecule has 39 heavy (non-hydrogen) atoms. The van der Waals surface area contributed by atoms with Crippen molar-refractivity contribution < 1.29 is 22.9 Å². The molecule has 1 aliphatic heterocycles. The summed E-state index contributed by atoms with van der Waals surface area (Å²) in [4.78, 5) is 15.2. The first-order valence-electron chi connectivity index (χ1n) is 12.7. The first kappa shape index (κ1) is 28.4. The molecule has 2 aromatic carbocycles. The summed E-state index contributed by atoms with van der Waals surface area (Å²) in [6.07, 6.45) is 6.35. The minimum absolute atomic E-state index is 0.0291. The first-order chi connectivity index (χ1) is 18.6. The van der Waals surface area contributed by atoms with Gasteiger partial charge < -0.3 is 14.8 Å². The number of fused-ring (bicyclic) bond motifs is 1. The predicted octanol–water partition coefficient (Wildman–Crippen LogP) is 5.75. The monoisotopic (exact) mass is 552 g/mol. The van der Waals surface area contributed by atoms with Crippen molar-refractivity contribution in [1.29, 1.82) is 0 Å². The summed E-state index contributed by atoms with van der Waals surface area (Å²) in [5.41, 5.74) is 2.56. The fourth-order valence-electron chi connectivity index (χ4n) is 3.90. The molecule has 0 aliphatic carbocycles. The van der Waals surface area contributed by atoms with E-state index in [1.165, 1.54) is 0 Å². The molecule has 1 amide bonds. The SMILES string of the molecule is CC(C)(C)n1cc(NC=O)cn1.CCc1ccc(Oc2ccnc3ccc(S(=O)C4COC4)cc23)c(C)c1F. The Bertz CT molecular complexity index is 1490. The number of halogens is 1. The maximum atomic E-state index is 14.4. The highest BCUT2D eigenvalue weighted by Gasteiger charge is 2.26. The van der Waals surface area contributed by atoms with Crippen molar-refractivity contribution in [3.05, 3.63) is 71.9 Å². The second-order valence-corrected chi connectivity index (χ2v) is 11.9. The van der Waals surface area contributed by atoms with E-state index in [1.54, 1.807) is 48.4 Å². The van der Waals surface area contributed by atoms with Gasteiger partial charge in [0.1, 0.15) is 17.3 Å². The Labute approximate surface area is 230 Å². The molecule has 0 bridgehead atoms. The lowest BCUT2D eigenvalue weighted by Crippen LogP contribution is -2.37. The smallest absolute Gasteiger partial charge is 0.211 e. The highest BCUT2D eigenvalue weighted by Crippen LogP contribution is 2.34. The van der Waals surface area contributed by atoms with E-state index in [9.17, 15) is 13.4 Å². The van der Waals surface area contributed by atoms with Crippen LogP contribution in [0.15, 0.2) is 59.9 Å². The molecule has 0 radical (unpaired) electrons. The van der Waals surface area contributed by atoms with E-state index < -0.39 is 10.8 Å². The number of aryl methyl sites for hydroxylation is 1. The number of amides is 1. The Morgan fingerprint density at radius 2 is 1.97 bits per heavy atom. The van der Waals surface area contributed by atoms with Crippen LogP contribution in [0.4, 0.5) is 10.1 Å². The molecular formula is C29H33FN4O4S. The highest BCUT2D eigenvalue weighted by molar-refractivity contribution is 7.85. The van der Waals surface area contributed by atoms with Gasteiger partial charge in [-0.15, -0.1) is 0 Å². The normalized spacial score (nSPS) is 14.2. The Balaban J connectivity index is 0.000000247. The zero-order valence-electron chi connectivity index (χ0n) is 22.7. The second kappa shape index (κ2) is 12.0. The van der Waals surface area contributed by atoms with Crippen molar-refractivity contribution in [2.24, 2.45) is 0 Å². The minimum Gasteiger partial charge on any atom is -0.456 e. The van der Waals surface area contributed by atoms with Gasteiger partial charge in [0.05, 0.1) is 52.2 Å². The number of hydrogen-bond acceptors (Lipinski definition) is 6. The number of carbonyl (C=O) groups excluding carboxylic acids is 1. The summed E-state index contributed by atoms with van der Waals surface area (Å²) in [5.74, 6) is 0.798. The van der Waals surface area contributed by atoms with Crippen LogP contribution in [0.2, 0.25) is 0 Å². The molecule has 5 rings (SSSR count). The zero-order chi connectivity index (χ0) is 28.2. The number of hydrogen-bond donors (Lipinski definition) is 1. The van der Waals surface area contributed by atoms with Gasteiger partial charge in [-0.2, -0.15) is 5.10 Å². The quantitative estimate of drug-likeness (QED) is 0.294. The van der Waals surface area contributed by atoms with Crippen LogP contribution in [0.25, 0.3) is 10.9 Å². The maximum Gasteiger partial charge on any atom is 0.211 e. The summed E-state index contributed by atoms with van der Waals surface area (Å²) < 4.78 is 40.1. The van der Waals surface area contributed by atoms with Crippen molar-refractivity contribution in [2.45, 2.75) is 56.7 Å². The van der Waals surface area contributed by atoms with Gasteiger partial charge in [0.15, 0.2) is 0 Å². The van der Waals surface area contributed by atoms with E-state index in [2.05, 4.69) is 15.4 Å². The van der Waals surface area contributed by atoms with Gasteiger partial charge in [-0.3, -0.25) is 18.7 Å². The molecule has 10 heteroatoms. The van der Waals surface area contributed by atoms with Crippen molar-refractivity contribution in [3.8, 4) is 11.5 Å². The van der Waals surface area contributed by atoms with Gasteiger partial charge in [0.25, 0.3) is 0 Å². The van der Waals surface area contributed by atoms with Crippen molar-refractivity contribution in [3.63, 3.8) is 0 Å². The van der Waals surface area contributed by atoms with Crippen LogP contribution in [-0.4, -0.2) is 43.8 Å². The lowest BCUT2D eigenvalue weighted by molar-refractivity contribution is -0.105. The summed E-state index contributed by atoms with van der Waals surface area (Å²) in [6, 6.07) is 10.8. The third-order valence-corrected chi connectivity index (χ3v) is 7.92. The number of rotatable bonds is 7. The molecular weight excluding hydrogens is 519 g/mol. The molecule has 206 valence electrons. The predicted molar refractivity (Wildman–Crippen MR) is 150 cm³/mol. The molecule has 1 fully saturated rings. The van der Waals surface area contributed by atoms with Gasteiger partial charge in [0, 0.05) is 28.2 Å². The molecule has 1 atom stereocenters. The standard InChI is InChI=1S/C21H20FNO3S.C8H13N3O/c1-3-14-4-7-19(13(2)21(14)22)26-20-8-9-23-18-6-5-15(10-17(18)20)27(24)16-11-25-12-16;1-8(2,3)11-5-7(4-10-11)9-6-12/h4-10,16H,3,11-12H2,1-2H3;4-6H,1-3H3,(H,9,12). The molecule has 8 nitrogen and oxygen atoms in total. The van der Waals surface area contributed by atoms with Gasteiger partial charge in [-0.05, 0) is 70.0 Å². The van der Waals surface area contributed by atoms with Crippen molar-refractivity contribution >= 4 is 33.8 Å². The average Bonchev–Trinajstić information content (AvgIpc) is 3.36. The molecule has 2 aromatic heterocycles. The van der Waals surface area contributed by atoms with E-state index in [1.807, 2.05) is 45.9 Å². The van der Waals surface area contributed by atoms with Crippen LogP contribution < -0.4 is 10.1 Å². The van der Waals surface area contributed by atoms with Crippen LogP contribution in [0.5, 0.6) is 11.5 Å². The van der Waals surface area contributed by atoms with E-state index in [4.69, 9.17) is 9.47 Å². The molecule has 4 aromatic rings. The van der Waals surface area contributed by atoms with E-state index in [-0.39, 0.29) is 16.6 Å². The lowest BCUT2D eigenvalue weighted by atomic mass is 10.1. The van der Waals surface area contributed by atoms with Crippen molar-refractivity contribution in [2.75, 3.05) is 18.5 Å². The van der Waals surface area contributed by atoms with Gasteiger partial charge in [-0.1, -0.05) is 13.0 Å². The topological polar surface area (TPSA) is 95.3 Å². The highest BCUT2D eigenvalue weighted by atomic mass is 32.2. The lowest BCUT2D eigenvalue weighted by Gasteiger charge is -2.25. The second-order valence-electron chi connectivity index (χ2n) is 10.2. The van der Waals surface area contributed by atoms with Crippen LogP contribution in [-0.2, 0) is 32.3 Å². The number of carbonyl (C=O) groups is 1. The number of benzene rings is 2.